The normalized spacial score (nSPS) is 24.5. The van der Waals surface area contributed by atoms with Crippen LogP contribution < -0.4 is 11.2 Å². The molecular weight excluding hydrogens is 190 g/mol. The Kier molecular flexibility index (Phi) is 1.64. The summed E-state index contributed by atoms with van der Waals surface area (Å²) >= 11 is 0. The predicted molar refractivity (Wildman–Crippen MR) is 59.3 cm³/mol. The number of hydrogen-bond donors (Lipinski definition) is 2. The molecular formula is C11H13N3O. The van der Waals surface area contributed by atoms with Crippen molar-refractivity contribution in [3.63, 3.8) is 0 Å². The second-order valence-corrected chi connectivity index (χ2v) is 3.41. The smallest absolute Gasteiger partial charge is 0.240 e. The molecule has 4 nitrogen and oxygen atoms in total. The van der Waals surface area contributed by atoms with Gasteiger partial charge in [0.1, 0.15) is 0 Å². The zero-order valence-corrected chi connectivity index (χ0v) is 8.03. The van der Waals surface area contributed by atoms with Crippen LogP contribution in [0.3, 0.4) is 0 Å². The van der Waals surface area contributed by atoms with Crippen molar-refractivity contribution >= 4 is 17.3 Å². The van der Waals surface area contributed by atoms with E-state index in [1.54, 1.807) is 24.3 Å². The number of nitrogen functional groups attached to an aromatic ring is 1. The highest BCUT2D eigenvalue weighted by atomic mass is 16.2. The van der Waals surface area contributed by atoms with Gasteiger partial charge >= 0.3 is 0 Å². The lowest BCUT2D eigenvalue weighted by atomic mass is 9.94. The zero-order chi connectivity index (χ0) is 13.3. The third-order valence-electron chi connectivity index (χ3n) is 2.23. The summed E-state index contributed by atoms with van der Waals surface area (Å²) < 4.78 is 22.5. The van der Waals surface area contributed by atoms with Crippen molar-refractivity contribution in [1.29, 1.82) is 0 Å². The van der Waals surface area contributed by atoms with Crippen molar-refractivity contribution in [1.82, 2.24) is 5.43 Å². The topological polar surface area (TPSA) is 67.5 Å². The number of rotatable bonds is 1. The van der Waals surface area contributed by atoms with Crippen molar-refractivity contribution in [2.45, 2.75) is 13.3 Å². The molecule has 0 spiro atoms. The number of nitrogens with one attached hydrogen (secondary N) is 1. The van der Waals surface area contributed by atoms with Gasteiger partial charge in [-0.1, -0.05) is 19.0 Å². The van der Waals surface area contributed by atoms with Crippen LogP contribution in [0.2, 0.25) is 0 Å². The van der Waals surface area contributed by atoms with Crippen LogP contribution >= 0.6 is 0 Å². The fraction of sp³-hybridized carbons (Fsp3) is 0.273. The van der Waals surface area contributed by atoms with Gasteiger partial charge in [-0.3, -0.25) is 4.79 Å². The lowest BCUT2D eigenvalue weighted by molar-refractivity contribution is -0.121. The predicted octanol–water partition coefficient (Wildman–Crippen LogP) is 1.13. The number of carbonyl (C=O) groups is 1. The van der Waals surface area contributed by atoms with Gasteiger partial charge in [0.05, 0.1) is 5.71 Å². The van der Waals surface area contributed by atoms with Crippen molar-refractivity contribution in [2.24, 2.45) is 11.0 Å². The third kappa shape index (κ3) is 1.98. The minimum atomic E-state index is -2.25. The van der Waals surface area contributed by atoms with E-state index < -0.39 is 12.8 Å². The summed E-state index contributed by atoms with van der Waals surface area (Å²) in [6.07, 6.45) is -0.0836. The fourth-order valence-electron chi connectivity index (χ4n) is 1.45. The van der Waals surface area contributed by atoms with Gasteiger partial charge in [0.15, 0.2) is 0 Å². The van der Waals surface area contributed by atoms with E-state index in [1.165, 1.54) is 0 Å². The Morgan fingerprint density at radius 2 is 2.27 bits per heavy atom. The number of amides is 1. The Morgan fingerprint density at radius 1 is 1.53 bits per heavy atom. The van der Waals surface area contributed by atoms with Crippen LogP contribution in [0.4, 0.5) is 5.69 Å². The highest BCUT2D eigenvalue weighted by Gasteiger charge is 2.21. The van der Waals surface area contributed by atoms with Gasteiger partial charge in [0.25, 0.3) is 0 Å². The van der Waals surface area contributed by atoms with E-state index in [2.05, 4.69) is 10.5 Å². The molecule has 78 valence electrons. The molecule has 1 atom stereocenters. The molecule has 0 saturated carbocycles. The molecule has 0 aromatic heterocycles. The Hall–Kier alpha value is -1.84. The molecule has 1 heterocycles. The molecule has 3 N–H and O–H groups in total. The summed E-state index contributed by atoms with van der Waals surface area (Å²) in [6.45, 7) is -2.25. The molecule has 0 aliphatic carbocycles. The van der Waals surface area contributed by atoms with Gasteiger partial charge < -0.3 is 5.73 Å². The molecule has 2 rings (SSSR count). The molecule has 0 saturated heterocycles. The van der Waals surface area contributed by atoms with Crippen LogP contribution in [0.5, 0.6) is 0 Å². The SMILES string of the molecule is [2H]C([2H])([2H])[C@@H]1CC(=O)NN=C1c1ccc(N)cc1. The molecule has 1 aliphatic heterocycles. The molecule has 0 unspecified atom stereocenters. The number of carbonyl (C=O) groups excluding carboxylic acids is 1. The first-order valence-corrected chi connectivity index (χ1v) is 4.60. The van der Waals surface area contributed by atoms with Crippen LogP contribution in [-0.2, 0) is 4.79 Å². The summed E-state index contributed by atoms with van der Waals surface area (Å²) in [6, 6.07) is 6.74. The quantitative estimate of drug-likeness (QED) is 0.676. The molecule has 1 aliphatic rings. The fourth-order valence-corrected chi connectivity index (χ4v) is 1.45. The van der Waals surface area contributed by atoms with Gasteiger partial charge in [-0.25, -0.2) is 5.43 Å². The maximum absolute atomic E-state index is 11.3. The van der Waals surface area contributed by atoms with Gasteiger partial charge in [-0.05, 0) is 17.7 Å². The van der Waals surface area contributed by atoms with Crippen molar-refractivity contribution in [3.8, 4) is 0 Å². The van der Waals surface area contributed by atoms with E-state index in [-0.39, 0.29) is 12.3 Å². The lowest BCUT2D eigenvalue weighted by Gasteiger charge is -2.19. The first-order chi connectivity index (χ1) is 8.38. The second kappa shape index (κ2) is 3.73. The minimum absolute atomic E-state index is 0.0836. The maximum Gasteiger partial charge on any atom is 0.240 e. The molecule has 1 amide bonds. The monoisotopic (exact) mass is 206 g/mol. The van der Waals surface area contributed by atoms with Gasteiger partial charge in [-0.15, -0.1) is 0 Å². The number of nitrogens with two attached hydrogens (primary N) is 1. The number of nitrogens with zero attached hydrogens (tertiary/aromatic N) is 1. The van der Waals surface area contributed by atoms with Crippen molar-refractivity contribution < 1.29 is 8.91 Å². The van der Waals surface area contributed by atoms with Gasteiger partial charge in [0.2, 0.25) is 5.91 Å². The Bertz CT molecular complexity index is 493. The number of benzene rings is 1. The summed E-state index contributed by atoms with van der Waals surface area (Å²) in [4.78, 5) is 11.3. The van der Waals surface area contributed by atoms with Crippen LogP contribution in [0.25, 0.3) is 0 Å². The Labute approximate surface area is 92.4 Å². The van der Waals surface area contributed by atoms with E-state index in [4.69, 9.17) is 9.85 Å². The van der Waals surface area contributed by atoms with Crippen LogP contribution in [0.1, 0.15) is 22.9 Å². The van der Waals surface area contributed by atoms with Crippen LogP contribution in [0.15, 0.2) is 29.4 Å². The molecule has 0 bridgehead atoms. The lowest BCUT2D eigenvalue weighted by Crippen LogP contribution is -2.31. The first-order valence-electron chi connectivity index (χ1n) is 6.10. The number of anilines is 1. The molecule has 1 aromatic rings. The summed E-state index contributed by atoms with van der Waals surface area (Å²) in [5.41, 5.74) is 9.51. The molecule has 15 heavy (non-hydrogen) atoms. The average molecular weight is 206 g/mol. The summed E-state index contributed by atoms with van der Waals surface area (Å²) in [5, 5.41) is 3.87. The Morgan fingerprint density at radius 3 is 2.93 bits per heavy atom. The highest BCUT2D eigenvalue weighted by Crippen LogP contribution is 2.17. The number of hydrogen-bond acceptors (Lipinski definition) is 3. The highest BCUT2D eigenvalue weighted by molar-refractivity contribution is 6.05. The van der Waals surface area contributed by atoms with Gasteiger partial charge in [-0.2, -0.15) is 5.10 Å². The summed E-state index contributed by atoms with van der Waals surface area (Å²) in [7, 11) is 0. The third-order valence-corrected chi connectivity index (χ3v) is 2.23. The van der Waals surface area contributed by atoms with Crippen LogP contribution in [0, 0.1) is 5.92 Å². The van der Waals surface area contributed by atoms with E-state index in [0.717, 1.165) is 0 Å². The first kappa shape index (κ1) is 6.61. The number of hydrazone groups is 1. The minimum Gasteiger partial charge on any atom is -0.399 e. The van der Waals surface area contributed by atoms with Gasteiger partial charge in [0, 0.05) is 22.1 Å². The maximum atomic E-state index is 11.3. The zero-order valence-electron chi connectivity index (χ0n) is 11.0. The second-order valence-electron chi connectivity index (χ2n) is 3.41. The Balaban J connectivity index is 2.40. The van der Waals surface area contributed by atoms with E-state index in [1.807, 2.05) is 0 Å². The standard InChI is InChI=1S/C11H13N3O/c1-7-6-10(15)13-14-11(7)8-2-4-9(12)5-3-8/h2-5,7H,6,12H2,1H3,(H,13,15)/t7-/m1/s1/i1D3. The summed E-state index contributed by atoms with van der Waals surface area (Å²) in [5.74, 6) is -1.26. The molecule has 4 heteroatoms. The molecule has 0 radical (unpaired) electrons. The van der Waals surface area contributed by atoms with E-state index in [9.17, 15) is 4.79 Å². The van der Waals surface area contributed by atoms with E-state index >= 15 is 0 Å². The van der Waals surface area contributed by atoms with Crippen molar-refractivity contribution in [3.05, 3.63) is 29.8 Å². The van der Waals surface area contributed by atoms with E-state index in [0.29, 0.717) is 17.0 Å². The van der Waals surface area contributed by atoms with Crippen LogP contribution in [-0.4, -0.2) is 11.6 Å². The molecule has 1 aromatic carbocycles. The average Bonchev–Trinajstić information content (AvgIpc) is 2.29. The largest absolute Gasteiger partial charge is 0.399 e. The molecule has 0 fully saturated rings. The van der Waals surface area contributed by atoms with Crippen molar-refractivity contribution in [2.75, 3.05) is 5.73 Å².